The summed E-state index contributed by atoms with van der Waals surface area (Å²) in [4.78, 5) is 12.9. The lowest BCUT2D eigenvalue weighted by molar-refractivity contribution is 0.328. The zero-order valence-electron chi connectivity index (χ0n) is 15.4. The van der Waals surface area contributed by atoms with E-state index >= 15 is 0 Å². The van der Waals surface area contributed by atoms with Crippen molar-refractivity contribution in [3.8, 4) is 11.3 Å². The van der Waals surface area contributed by atoms with Crippen LogP contribution < -0.4 is 5.32 Å². The van der Waals surface area contributed by atoms with E-state index in [1.54, 1.807) is 30.7 Å². The van der Waals surface area contributed by atoms with Crippen LogP contribution in [0.5, 0.6) is 0 Å². The van der Waals surface area contributed by atoms with E-state index in [1.165, 1.54) is 16.6 Å². The van der Waals surface area contributed by atoms with Crippen LogP contribution in [0.3, 0.4) is 0 Å². The maximum Gasteiger partial charge on any atom is 0.260 e. The average Bonchev–Trinajstić information content (AvgIpc) is 3.25. The Labute approximate surface area is 163 Å². The van der Waals surface area contributed by atoms with Gasteiger partial charge in [0.1, 0.15) is 0 Å². The maximum absolute atomic E-state index is 12.7. The predicted molar refractivity (Wildman–Crippen MR) is 104 cm³/mol. The van der Waals surface area contributed by atoms with Crippen LogP contribution in [-0.4, -0.2) is 57.0 Å². The molecule has 1 aliphatic rings. The first-order valence-electron chi connectivity index (χ1n) is 9.04. The Kier molecular flexibility index (Phi) is 5.05. The van der Waals surface area contributed by atoms with E-state index in [9.17, 15) is 8.42 Å². The van der Waals surface area contributed by atoms with E-state index in [1.807, 2.05) is 6.92 Å². The molecule has 0 amide bonds. The zero-order chi connectivity index (χ0) is 19.6. The van der Waals surface area contributed by atoms with Crippen molar-refractivity contribution in [3.63, 3.8) is 0 Å². The van der Waals surface area contributed by atoms with Crippen LogP contribution in [-0.2, 0) is 10.0 Å². The molecule has 0 bridgehead atoms. The summed E-state index contributed by atoms with van der Waals surface area (Å²) in [6.45, 7) is 2.81. The standard InChI is InChI=1S/C18H21N7O2S/c1-13-10-20-18(24-17(13)14-11-21-22-12-14)23-15-5-8-25(9-6-15)28(26,27)16-4-2-3-7-19-16/h2-4,7,10-12,15H,5-6,8-9H2,1H3,(H,21,22)(H,20,23,24). The number of pyridine rings is 1. The minimum absolute atomic E-state index is 0.0908. The lowest BCUT2D eigenvalue weighted by atomic mass is 10.1. The van der Waals surface area contributed by atoms with Crippen LogP contribution in [0.15, 0.2) is 48.0 Å². The number of aromatic amines is 1. The van der Waals surface area contributed by atoms with Crippen LogP contribution in [0.1, 0.15) is 18.4 Å². The monoisotopic (exact) mass is 399 g/mol. The van der Waals surface area contributed by atoms with Crippen molar-refractivity contribution in [2.75, 3.05) is 18.4 Å². The molecular formula is C18H21N7O2S. The van der Waals surface area contributed by atoms with Crippen molar-refractivity contribution in [1.82, 2.24) is 29.5 Å². The number of rotatable bonds is 5. The van der Waals surface area contributed by atoms with Gasteiger partial charge < -0.3 is 5.32 Å². The Morgan fingerprint density at radius 2 is 2.00 bits per heavy atom. The van der Waals surface area contributed by atoms with Crippen molar-refractivity contribution < 1.29 is 8.42 Å². The van der Waals surface area contributed by atoms with Gasteiger partial charge >= 0.3 is 0 Å². The number of sulfonamides is 1. The van der Waals surface area contributed by atoms with Crippen LogP contribution in [0, 0.1) is 6.92 Å². The van der Waals surface area contributed by atoms with Gasteiger partial charge in [-0.25, -0.2) is 23.4 Å². The van der Waals surface area contributed by atoms with Crippen LogP contribution in [0.2, 0.25) is 0 Å². The highest BCUT2D eigenvalue weighted by Crippen LogP contribution is 2.23. The highest BCUT2D eigenvalue weighted by atomic mass is 32.2. The molecule has 3 aromatic rings. The van der Waals surface area contributed by atoms with Gasteiger partial charge in [0.25, 0.3) is 10.0 Å². The molecule has 1 fully saturated rings. The quantitative estimate of drug-likeness (QED) is 0.672. The molecule has 4 heterocycles. The molecule has 0 atom stereocenters. The Bertz CT molecular complexity index is 1030. The number of nitrogens with one attached hydrogen (secondary N) is 2. The molecule has 0 aromatic carbocycles. The van der Waals surface area contributed by atoms with Gasteiger partial charge in [-0.1, -0.05) is 6.07 Å². The third-order valence-electron chi connectivity index (χ3n) is 4.77. The molecule has 0 radical (unpaired) electrons. The second-order valence-corrected chi connectivity index (χ2v) is 8.59. The molecule has 146 valence electrons. The van der Waals surface area contributed by atoms with Gasteiger partial charge in [0.2, 0.25) is 5.95 Å². The van der Waals surface area contributed by atoms with Crippen molar-refractivity contribution in [3.05, 3.63) is 48.5 Å². The number of hydrogen-bond donors (Lipinski definition) is 2. The summed E-state index contributed by atoms with van der Waals surface area (Å²) in [6, 6.07) is 5.02. The first-order chi connectivity index (χ1) is 13.5. The summed E-state index contributed by atoms with van der Waals surface area (Å²) in [5.74, 6) is 0.535. The third kappa shape index (κ3) is 3.73. The summed E-state index contributed by atoms with van der Waals surface area (Å²) < 4.78 is 26.8. The van der Waals surface area contributed by atoms with Crippen molar-refractivity contribution >= 4 is 16.0 Å². The topological polar surface area (TPSA) is 117 Å². The Hall–Kier alpha value is -2.85. The Balaban J connectivity index is 1.42. The van der Waals surface area contributed by atoms with Crippen molar-refractivity contribution in [2.45, 2.75) is 30.8 Å². The summed E-state index contributed by atoms with van der Waals surface area (Å²) in [7, 11) is -3.55. The fraction of sp³-hybridized carbons (Fsp3) is 0.333. The zero-order valence-corrected chi connectivity index (χ0v) is 16.2. The predicted octanol–water partition coefficient (Wildman–Crippen LogP) is 1.84. The molecular weight excluding hydrogens is 378 g/mol. The average molecular weight is 399 g/mol. The van der Waals surface area contributed by atoms with E-state index in [4.69, 9.17) is 0 Å². The molecule has 0 unspecified atom stereocenters. The molecule has 0 aliphatic carbocycles. The maximum atomic E-state index is 12.7. The number of aromatic nitrogens is 5. The van der Waals surface area contributed by atoms with Crippen LogP contribution in [0.25, 0.3) is 11.3 Å². The molecule has 2 N–H and O–H groups in total. The molecule has 9 nitrogen and oxygen atoms in total. The van der Waals surface area contributed by atoms with Crippen molar-refractivity contribution in [2.24, 2.45) is 0 Å². The second-order valence-electron chi connectivity index (χ2n) is 6.70. The smallest absolute Gasteiger partial charge is 0.260 e. The Morgan fingerprint density at radius 1 is 1.18 bits per heavy atom. The highest BCUT2D eigenvalue weighted by molar-refractivity contribution is 7.89. The van der Waals surface area contributed by atoms with Crippen LogP contribution >= 0.6 is 0 Å². The molecule has 0 saturated carbocycles. The number of H-pyrrole nitrogens is 1. The minimum atomic E-state index is -3.55. The fourth-order valence-electron chi connectivity index (χ4n) is 3.24. The van der Waals surface area contributed by atoms with Gasteiger partial charge in [0.15, 0.2) is 5.03 Å². The molecule has 4 rings (SSSR count). The van der Waals surface area contributed by atoms with Gasteiger partial charge in [-0.3, -0.25) is 5.10 Å². The number of hydrogen-bond acceptors (Lipinski definition) is 7. The minimum Gasteiger partial charge on any atom is -0.351 e. The third-order valence-corrected chi connectivity index (χ3v) is 6.59. The lowest BCUT2D eigenvalue weighted by Crippen LogP contribution is -2.42. The number of nitrogens with zero attached hydrogens (tertiary/aromatic N) is 5. The van der Waals surface area contributed by atoms with Gasteiger partial charge in [-0.05, 0) is 37.5 Å². The lowest BCUT2D eigenvalue weighted by Gasteiger charge is -2.31. The Morgan fingerprint density at radius 3 is 2.68 bits per heavy atom. The van der Waals surface area contributed by atoms with E-state index in [0.717, 1.165) is 16.8 Å². The number of aryl methyl sites for hydroxylation is 1. The summed E-state index contributed by atoms with van der Waals surface area (Å²) in [6.07, 6.45) is 8.13. The van der Waals surface area contributed by atoms with Gasteiger partial charge in [0, 0.05) is 43.3 Å². The van der Waals surface area contributed by atoms with Crippen molar-refractivity contribution in [1.29, 1.82) is 0 Å². The highest BCUT2D eigenvalue weighted by Gasteiger charge is 2.30. The van der Waals surface area contributed by atoms with E-state index in [2.05, 4.69) is 30.5 Å². The number of piperidine rings is 1. The van der Waals surface area contributed by atoms with E-state index in [0.29, 0.717) is 31.9 Å². The summed E-state index contributed by atoms with van der Waals surface area (Å²) >= 11 is 0. The largest absolute Gasteiger partial charge is 0.351 e. The fourth-order valence-corrected chi connectivity index (χ4v) is 4.64. The summed E-state index contributed by atoms with van der Waals surface area (Å²) in [5.41, 5.74) is 2.68. The number of anilines is 1. The van der Waals surface area contributed by atoms with Gasteiger partial charge in [0.05, 0.1) is 11.9 Å². The normalized spacial score (nSPS) is 16.2. The first-order valence-corrected chi connectivity index (χ1v) is 10.5. The SMILES string of the molecule is Cc1cnc(NC2CCN(S(=O)(=O)c3ccccn3)CC2)nc1-c1cn[nH]c1. The molecule has 0 spiro atoms. The first kappa shape index (κ1) is 18.5. The molecule has 1 saturated heterocycles. The molecule has 28 heavy (non-hydrogen) atoms. The van der Waals surface area contributed by atoms with E-state index < -0.39 is 10.0 Å². The second kappa shape index (κ2) is 7.64. The van der Waals surface area contributed by atoms with Crippen LogP contribution in [0.4, 0.5) is 5.95 Å². The molecule has 1 aliphatic heterocycles. The van der Waals surface area contributed by atoms with Gasteiger partial charge in [-0.2, -0.15) is 9.40 Å². The van der Waals surface area contributed by atoms with E-state index in [-0.39, 0.29) is 11.1 Å². The molecule has 3 aromatic heterocycles. The van der Waals surface area contributed by atoms with Gasteiger partial charge in [-0.15, -0.1) is 0 Å². The summed E-state index contributed by atoms with van der Waals surface area (Å²) in [5, 5.41) is 10.2. The molecule has 10 heteroatoms.